The molecule has 1 spiro atoms. The minimum atomic E-state index is -0.513. The van der Waals surface area contributed by atoms with Crippen LogP contribution in [0.1, 0.15) is 39.0 Å². The summed E-state index contributed by atoms with van der Waals surface area (Å²) in [5.74, 6) is -0.342. The molecule has 0 aromatic heterocycles. The number of amides is 2. The maximum absolute atomic E-state index is 13.2. The van der Waals surface area contributed by atoms with Gasteiger partial charge in [0.25, 0.3) is 5.91 Å². The van der Waals surface area contributed by atoms with E-state index in [1.165, 1.54) is 5.56 Å². The van der Waals surface area contributed by atoms with Crippen molar-refractivity contribution >= 4 is 11.8 Å². The van der Waals surface area contributed by atoms with Crippen molar-refractivity contribution in [2.45, 2.75) is 32.7 Å². The fraction of sp³-hybridized carbons (Fsp3) is 0.333. The molecule has 0 saturated carbocycles. The normalized spacial score (nSPS) is 21.3. The lowest BCUT2D eigenvalue weighted by atomic mass is 9.83. The van der Waals surface area contributed by atoms with E-state index in [1.807, 2.05) is 17.0 Å². The zero-order chi connectivity index (χ0) is 18.3. The van der Waals surface area contributed by atoms with Gasteiger partial charge in [-0.2, -0.15) is 0 Å². The Morgan fingerprint density at radius 2 is 1.96 bits per heavy atom. The smallest absolute Gasteiger partial charge is 0.274 e. The molecule has 5 heteroatoms. The standard InChI is InChI=1S/C21H22N2O3/c1-14-5-7-15(8-6-14)13-23-10-9-21(20(23)25)11-16-3-2-4-17(18(16)12-21)19(24)22-26/h2-8,26H,9-13H2,1H3,(H,22,24). The molecular weight excluding hydrogens is 328 g/mol. The predicted molar refractivity (Wildman–Crippen MR) is 96.7 cm³/mol. The summed E-state index contributed by atoms with van der Waals surface area (Å²) in [7, 11) is 0. The molecule has 2 aromatic rings. The molecule has 1 aliphatic carbocycles. The van der Waals surface area contributed by atoms with Crippen LogP contribution in [0.2, 0.25) is 0 Å². The summed E-state index contributed by atoms with van der Waals surface area (Å²) in [4.78, 5) is 27.1. The summed E-state index contributed by atoms with van der Waals surface area (Å²) >= 11 is 0. The van der Waals surface area contributed by atoms with E-state index < -0.39 is 11.3 Å². The van der Waals surface area contributed by atoms with E-state index in [1.54, 1.807) is 11.5 Å². The molecule has 134 valence electrons. The summed E-state index contributed by atoms with van der Waals surface area (Å²) in [6.45, 7) is 3.42. The predicted octanol–water partition coefficient (Wildman–Crippen LogP) is 2.63. The maximum Gasteiger partial charge on any atom is 0.274 e. The zero-order valence-electron chi connectivity index (χ0n) is 14.8. The van der Waals surface area contributed by atoms with E-state index in [2.05, 4.69) is 31.2 Å². The summed E-state index contributed by atoms with van der Waals surface area (Å²) in [5.41, 5.74) is 6.01. The molecule has 4 rings (SSSR count). The van der Waals surface area contributed by atoms with Gasteiger partial charge in [-0.25, -0.2) is 5.48 Å². The lowest BCUT2D eigenvalue weighted by Gasteiger charge is -2.23. The molecular formula is C21H22N2O3. The van der Waals surface area contributed by atoms with Gasteiger partial charge in [-0.15, -0.1) is 0 Å². The number of hydroxylamine groups is 1. The number of hydrogen-bond acceptors (Lipinski definition) is 3. The number of carbonyl (C=O) groups is 2. The van der Waals surface area contributed by atoms with Crippen LogP contribution >= 0.6 is 0 Å². The monoisotopic (exact) mass is 350 g/mol. The highest BCUT2D eigenvalue weighted by Gasteiger charge is 2.50. The summed E-state index contributed by atoms with van der Waals surface area (Å²) in [6, 6.07) is 13.8. The molecule has 1 fully saturated rings. The first-order chi connectivity index (χ1) is 12.5. The summed E-state index contributed by atoms with van der Waals surface area (Å²) in [6.07, 6.45) is 2.03. The molecule has 1 aliphatic heterocycles. The Morgan fingerprint density at radius 3 is 2.69 bits per heavy atom. The molecule has 1 saturated heterocycles. The van der Waals surface area contributed by atoms with Crippen molar-refractivity contribution in [1.82, 2.24) is 10.4 Å². The fourth-order valence-electron chi connectivity index (χ4n) is 4.33. The van der Waals surface area contributed by atoms with Crippen LogP contribution in [-0.4, -0.2) is 28.5 Å². The fourth-order valence-corrected chi connectivity index (χ4v) is 4.33. The molecule has 5 nitrogen and oxygen atoms in total. The van der Waals surface area contributed by atoms with Crippen molar-refractivity contribution in [2.75, 3.05) is 6.54 Å². The minimum absolute atomic E-state index is 0.171. The van der Waals surface area contributed by atoms with Crippen LogP contribution in [0.5, 0.6) is 0 Å². The van der Waals surface area contributed by atoms with Crippen LogP contribution in [0.4, 0.5) is 0 Å². The Hall–Kier alpha value is -2.66. The molecule has 1 heterocycles. The van der Waals surface area contributed by atoms with E-state index in [-0.39, 0.29) is 5.91 Å². The zero-order valence-corrected chi connectivity index (χ0v) is 14.8. The van der Waals surface area contributed by atoms with Gasteiger partial charge in [-0.1, -0.05) is 42.0 Å². The molecule has 2 amide bonds. The van der Waals surface area contributed by atoms with Crippen LogP contribution in [0.15, 0.2) is 42.5 Å². The highest BCUT2D eigenvalue weighted by atomic mass is 16.5. The second-order valence-electron chi connectivity index (χ2n) is 7.48. The quantitative estimate of drug-likeness (QED) is 0.660. The van der Waals surface area contributed by atoms with Crippen LogP contribution < -0.4 is 5.48 Å². The summed E-state index contributed by atoms with van der Waals surface area (Å²) in [5, 5.41) is 8.98. The number of likely N-dealkylation sites (tertiary alicyclic amines) is 1. The van der Waals surface area contributed by atoms with Gasteiger partial charge >= 0.3 is 0 Å². The number of nitrogens with one attached hydrogen (secondary N) is 1. The molecule has 0 bridgehead atoms. The highest BCUT2D eigenvalue weighted by molar-refractivity contribution is 5.96. The van der Waals surface area contributed by atoms with Gasteiger partial charge < -0.3 is 4.90 Å². The van der Waals surface area contributed by atoms with Crippen molar-refractivity contribution in [3.05, 3.63) is 70.3 Å². The van der Waals surface area contributed by atoms with Crippen LogP contribution in [0.25, 0.3) is 0 Å². The van der Waals surface area contributed by atoms with E-state index in [0.717, 1.165) is 29.7 Å². The van der Waals surface area contributed by atoms with Crippen LogP contribution in [-0.2, 0) is 24.2 Å². The first-order valence-electron chi connectivity index (χ1n) is 8.92. The third-order valence-electron chi connectivity index (χ3n) is 5.76. The molecule has 1 atom stereocenters. The van der Waals surface area contributed by atoms with Gasteiger partial charge in [-0.3, -0.25) is 14.8 Å². The number of carbonyl (C=O) groups excluding carboxylic acids is 2. The minimum Gasteiger partial charge on any atom is -0.338 e. The molecule has 2 aliphatic rings. The van der Waals surface area contributed by atoms with E-state index in [0.29, 0.717) is 24.9 Å². The Kier molecular flexibility index (Phi) is 4.04. The molecule has 0 radical (unpaired) electrons. The van der Waals surface area contributed by atoms with Crippen molar-refractivity contribution in [3.8, 4) is 0 Å². The van der Waals surface area contributed by atoms with Crippen LogP contribution in [0.3, 0.4) is 0 Å². The van der Waals surface area contributed by atoms with Crippen LogP contribution in [0, 0.1) is 12.3 Å². The van der Waals surface area contributed by atoms with Gasteiger partial charge in [0.2, 0.25) is 5.91 Å². The topological polar surface area (TPSA) is 69.6 Å². The third kappa shape index (κ3) is 2.69. The Labute approximate surface area is 152 Å². The van der Waals surface area contributed by atoms with Gasteiger partial charge in [0.15, 0.2) is 0 Å². The van der Waals surface area contributed by atoms with Crippen molar-refractivity contribution < 1.29 is 14.8 Å². The van der Waals surface area contributed by atoms with Crippen molar-refractivity contribution in [2.24, 2.45) is 5.41 Å². The Bertz CT molecular complexity index is 875. The first kappa shape index (κ1) is 16.8. The van der Waals surface area contributed by atoms with Gasteiger partial charge in [0.05, 0.1) is 5.41 Å². The van der Waals surface area contributed by atoms with Crippen molar-refractivity contribution in [1.29, 1.82) is 0 Å². The lowest BCUT2D eigenvalue weighted by molar-refractivity contribution is -0.136. The second-order valence-corrected chi connectivity index (χ2v) is 7.48. The molecule has 2 N–H and O–H groups in total. The van der Waals surface area contributed by atoms with E-state index in [4.69, 9.17) is 5.21 Å². The SMILES string of the molecule is Cc1ccc(CN2CCC3(Cc4cccc(C(=O)NO)c4C3)C2=O)cc1. The number of benzene rings is 2. The van der Waals surface area contributed by atoms with Gasteiger partial charge in [0, 0.05) is 18.7 Å². The molecule has 2 aromatic carbocycles. The Balaban J connectivity index is 1.56. The number of rotatable bonds is 3. The van der Waals surface area contributed by atoms with Gasteiger partial charge in [-0.05, 0) is 48.9 Å². The van der Waals surface area contributed by atoms with Gasteiger partial charge in [0.1, 0.15) is 0 Å². The Morgan fingerprint density at radius 1 is 1.19 bits per heavy atom. The largest absolute Gasteiger partial charge is 0.338 e. The summed E-state index contributed by atoms with van der Waals surface area (Å²) < 4.78 is 0. The maximum atomic E-state index is 13.2. The molecule has 1 unspecified atom stereocenters. The van der Waals surface area contributed by atoms with E-state index in [9.17, 15) is 9.59 Å². The number of fused-ring (bicyclic) bond motifs is 1. The average Bonchev–Trinajstić information content (AvgIpc) is 3.18. The molecule has 26 heavy (non-hydrogen) atoms. The number of hydrogen-bond donors (Lipinski definition) is 2. The second kappa shape index (κ2) is 6.25. The number of nitrogens with zero attached hydrogens (tertiary/aromatic N) is 1. The average molecular weight is 350 g/mol. The first-order valence-corrected chi connectivity index (χ1v) is 8.92. The third-order valence-corrected chi connectivity index (χ3v) is 5.76. The lowest BCUT2D eigenvalue weighted by Crippen LogP contribution is -2.35. The number of aryl methyl sites for hydroxylation is 1. The van der Waals surface area contributed by atoms with E-state index >= 15 is 0 Å². The highest BCUT2D eigenvalue weighted by Crippen LogP contribution is 2.46. The van der Waals surface area contributed by atoms with Crippen molar-refractivity contribution in [3.63, 3.8) is 0 Å².